The van der Waals surface area contributed by atoms with Crippen LogP contribution in [0.3, 0.4) is 0 Å². The first kappa shape index (κ1) is 13.4. The van der Waals surface area contributed by atoms with Gasteiger partial charge in [0.2, 0.25) is 0 Å². The monoisotopic (exact) mass is 268 g/mol. The summed E-state index contributed by atoms with van der Waals surface area (Å²) in [5, 5.41) is 7.27. The van der Waals surface area contributed by atoms with Gasteiger partial charge in [-0.2, -0.15) is 5.10 Å². The summed E-state index contributed by atoms with van der Waals surface area (Å²) in [6.07, 6.45) is 11.7. The van der Waals surface area contributed by atoms with Crippen LogP contribution in [0.2, 0.25) is 0 Å². The molecular weight excluding hydrogens is 244 g/mol. The van der Waals surface area contributed by atoms with Crippen molar-refractivity contribution in [3.8, 4) is 0 Å². The molecule has 1 fully saturated rings. The third-order valence-electron chi connectivity index (χ3n) is 4.33. The minimum Gasteiger partial charge on any atom is -0.265 e. The smallest absolute Gasteiger partial charge is 0.0660 e. The van der Waals surface area contributed by atoms with E-state index in [1.165, 1.54) is 67.5 Å². The summed E-state index contributed by atoms with van der Waals surface area (Å²) < 4.78 is 0. The van der Waals surface area contributed by atoms with Gasteiger partial charge >= 0.3 is 0 Å². The van der Waals surface area contributed by atoms with E-state index in [1.807, 2.05) is 6.08 Å². The van der Waals surface area contributed by atoms with Gasteiger partial charge in [0, 0.05) is 12.3 Å². The summed E-state index contributed by atoms with van der Waals surface area (Å²) in [4.78, 5) is 0. The van der Waals surface area contributed by atoms with Crippen LogP contribution in [0.25, 0.3) is 0 Å². The van der Waals surface area contributed by atoms with E-state index < -0.39 is 0 Å². The molecule has 0 amide bonds. The number of rotatable bonds is 3. The first-order valence-corrected chi connectivity index (χ1v) is 7.94. The Morgan fingerprint density at radius 3 is 2.75 bits per heavy atom. The molecule has 0 radical (unpaired) electrons. The summed E-state index contributed by atoms with van der Waals surface area (Å²) in [5.41, 5.74) is 5.59. The standard InChI is InChI=1S/C18H24N2/c1-2-8-15-9-6-10-16-11-7-14-20(18(15)16)19-17-12-4-3-5-13-17/h2,6,9-10H,1,3-5,7-8,11-14H2. The Bertz CT molecular complexity index is 508. The van der Waals surface area contributed by atoms with Crippen LogP contribution in [0, 0.1) is 0 Å². The summed E-state index contributed by atoms with van der Waals surface area (Å²) in [5.74, 6) is 0. The number of aryl methyl sites for hydroxylation is 1. The number of fused-ring (bicyclic) bond motifs is 1. The zero-order chi connectivity index (χ0) is 13.8. The van der Waals surface area contributed by atoms with E-state index in [0.717, 1.165) is 13.0 Å². The lowest BCUT2D eigenvalue weighted by atomic mass is 9.97. The highest BCUT2D eigenvalue weighted by atomic mass is 15.5. The Morgan fingerprint density at radius 2 is 1.95 bits per heavy atom. The van der Waals surface area contributed by atoms with Crippen molar-refractivity contribution in [2.24, 2.45) is 5.10 Å². The molecule has 1 saturated carbocycles. The van der Waals surface area contributed by atoms with Crippen molar-refractivity contribution < 1.29 is 0 Å². The third-order valence-corrected chi connectivity index (χ3v) is 4.33. The summed E-state index contributed by atoms with van der Waals surface area (Å²) in [6.45, 7) is 4.95. The maximum absolute atomic E-state index is 4.99. The highest BCUT2D eigenvalue weighted by Crippen LogP contribution is 2.32. The van der Waals surface area contributed by atoms with Crippen LogP contribution in [0.1, 0.15) is 49.7 Å². The quantitative estimate of drug-likeness (QED) is 0.738. The van der Waals surface area contributed by atoms with Gasteiger partial charge in [-0.05, 0) is 56.1 Å². The van der Waals surface area contributed by atoms with Gasteiger partial charge in [-0.15, -0.1) is 6.58 Å². The molecule has 0 atom stereocenters. The minimum absolute atomic E-state index is 0.935. The zero-order valence-electron chi connectivity index (χ0n) is 12.3. The molecule has 3 rings (SSSR count). The molecule has 0 saturated heterocycles. The topological polar surface area (TPSA) is 15.6 Å². The van der Waals surface area contributed by atoms with E-state index >= 15 is 0 Å². The van der Waals surface area contributed by atoms with E-state index in [4.69, 9.17) is 5.10 Å². The Labute approximate surface area is 122 Å². The lowest BCUT2D eigenvalue weighted by molar-refractivity contribution is 0.651. The normalized spacial score (nSPS) is 18.6. The summed E-state index contributed by atoms with van der Waals surface area (Å²) >= 11 is 0. The molecule has 2 nitrogen and oxygen atoms in total. The van der Waals surface area contributed by atoms with Gasteiger partial charge in [-0.1, -0.05) is 30.7 Å². The van der Waals surface area contributed by atoms with E-state index in [-0.39, 0.29) is 0 Å². The van der Waals surface area contributed by atoms with Crippen molar-refractivity contribution in [1.29, 1.82) is 0 Å². The third kappa shape index (κ3) is 2.79. The zero-order valence-corrected chi connectivity index (χ0v) is 12.3. The average Bonchev–Trinajstić information content (AvgIpc) is 2.49. The van der Waals surface area contributed by atoms with E-state index in [2.05, 4.69) is 29.8 Å². The van der Waals surface area contributed by atoms with Crippen molar-refractivity contribution in [2.45, 2.75) is 51.4 Å². The second-order valence-electron chi connectivity index (χ2n) is 5.87. The Kier molecular flexibility index (Phi) is 4.19. The van der Waals surface area contributed by atoms with Crippen LogP contribution in [-0.2, 0) is 12.8 Å². The number of anilines is 1. The lowest BCUT2D eigenvalue weighted by Crippen LogP contribution is -2.27. The van der Waals surface area contributed by atoms with Crippen molar-refractivity contribution in [3.63, 3.8) is 0 Å². The minimum atomic E-state index is 0.935. The lowest BCUT2D eigenvalue weighted by Gasteiger charge is -2.30. The molecule has 106 valence electrons. The highest BCUT2D eigenvalue weighted by molar-refractivity contribution is 5.86. The number of benzene rings is 1. The van der Waals surface area contributed by atoms with E-state index in [9.17, 15) is 0 Å². The predicted octanol–water partition coefficient (Wildman–Crippen LogP) is 4.49. The molecule has 0 aromatic heterocycles. The van der Waals surface area contributed by atoms with Crippen LogP contribution >= 0.6 is 0 Å². The molecule has 0 N–H and O–H groups in total. The van der Waals surface area contributed by atoms with Gasteiger partial charge in [-0.3, -0.25) is 5.01 Å². The SMILES string of the molecule is C=CCc1cccc2c1N(N=C1CCCCC1)CCC2. The number of nitrogens with zero attached hydrogens (tertiary/aromatic N) is 2. The van der Waals surface area contributed by atoms with Gasteiger partial charge in [0.1, 0.15) is 0 Å². The second-order valence-corrected chi connectivity index (χ2v) is 5.87. The predicted molar refractivity (Wildman–Crippen MR) is 86.5 cm³/mol. The Morgan fingerprint density at radius 1 is 1.10 bits per heavy atom. The number of hydrogen-bond acceptors (Lipinski definition) is 2. The molecule has 2 heteroatoms. The summed E-state index contributed by atoms with van der Waals surface area (Å²) in [6, 6.07) is 6.66. The fourth-order valence-corrected chi connectivity index (χ4v) is 3.36. The van der Waals surface area contributed by atoms with Crippen LogP contribution in [0.15, 0.2) is 36.0 Å². The molecule has 1 aromatic carbocycles. The van der Waals surface area contributed by atoms with Crippen LogP contribution in [0.4, 0.5) is 5.69 Å². The fourth-order valence-electron chi connectivity index (χ4n) is 3.36. The molecule has 0 spiro atoms. The van der Waals surface area contributed by atoms with E-state index in [0.29, 0.717) is 0 Å². The molecule has 0 bridgehead atoms. The molecule has 0 unspecified atom stereocenters. The van der Waals surface area contributed by atoms with Crippen LogP contribution in [0.5, 0.6) is 0 Å². The van der Waals surface area contributed by atoms with Crippen molar-refractivity contribution in [3.05, 3.63) is 42.0 Å². The van der Waals surface area contributed by atoms with Gasteiger partial charge < -0.3 is 0 Å². The van der Waals surface area contributed by atoms with Crippen LogP contribution in [-0.4, -0.2) is 12.3 Å². The molecule has 1 aliphatic heterocycles. The van der Waals surface area contributed by atoms with Crippen molar-refractivity contribution >= 4 is 11.4 Å². The fraction of sp³-hybridized carbons (Fsp3) is 0.500. The number of para-hydroxylation sites is 1. The number of hydrazone groups is 1. The van der Waals surface area contributed by atoms with Gasteiger partial charge in [0.05, 0.1) is 5.69 Å². The van der Waals surface area contributed by atoms with Gasteiger partial charge in [0.15, 0.2) is 0 Å². The Hall–Kier alpha value is -1.57. The summed E-state index contributed by atoms with van der Waals surface area (Å²) in [7, 11) is 0. The van der Waals surface area contributed by atoms with E-state index in [1.54, 1.807) is 0 Å². The first-order valence-electron chi connectivity index (χ1n) is 7.94. The molecule has 20 heavy (non-hydrogen) atoms. The molecule has 1 aliphatic carbocycles. The van der Waals surface area contributed by atoms with Gasteiger partial charge in [0.25, 0.3) is 0 Å². The molecule has 2 aliphatic rings. The van der Waals surface area contributed by atoms with Crippen molar-refractivity contribution in [2.75, 3.05) is 11.6 Å². The van der Waals surface area contributed by atoms with Crippen LogP contribution < -0.4 is 5.01 Å². The Balaban J connectivity index is 1.93. The molecule has 1 aromatic rings. The first-order chi connectivity index (χ1) is 9.88. The largest absolute Gasteiger partial charge is 0.265 e. The maximum atomic E-state index is 4.99. The number of hydrogen-bond donors (Lipinski definition) is 0. The highest BCUT2D eigenvalue weighted by Gasteiger charge is 2.20. The van der Waals surface area contributed by atoms with Crippen molar-refractivity contribution in [1.82, 2.24) is 0 Å². The molecule has 1 heterocycles. The van der Waals surface area contributed by atoms with Gasteiger partial charge in [-0.25, -0.2) is 0 Å². The second kappa shape index (κ2) is 6.25. The molecular formula is C18H24N2. The maximum Gasteiger partial charge on any atom is 0.0660 e. The number of allylic oxidation sites excluding steroid dienone is 1. The average molecular weight is 268 g/mol.